The first-order valence-electron chi connectivity index (χ1n) is 5.35. The summed E-state index contributed by atoms with van der Waals surface area (Å²) in [5, 5.41) is 14.0. The first kappa shape index (κ1) is 16.0. The number of alkyl halides is 3. The van der Waals surface area contributed by atoms with Crippen LogP contribution in [0.5, 0.6) is 0 Å². The van der Waals surface area contributed by atoms with Crippen molar-refractivity contribution in [3.8, 4) is 0 Å². The Labute approximate surface area is 111 Å². The summed E-state index contributed by atoms with van der Waals surface area (Å²) in [6.07, 6.45) is -3.62. The highest BCUT2D eigenvalue weighted by Gasteiger charge is 2.33. The molecule has 0 aromatic carbocycles. The summed E-state index contributed by atoms with van der Waals surface area (Å²) in [5.74, 6) is -2.09. The van der Waals surface area contributed by atoms with Gasteiger partial charge in [-0.3, -0.25) is 9.48 Å². The van der Waals surface area contributed by atoms with Crippen LogP contribution >= 0.6 is 0 Å². The van der Waals surface area contributed by atoms with Gasteiger partial charge in [0.2, 0.25) is 5.91 Å². The summed E-state index contributed by atoms with van der Waals surface area (Å²) >= 11 is 0. The van der Waals surface area contributed by atoms with Gasteiger partial charge in [-0.2, -0.15) is 18.3 Å². The monoisotopic (exact) mass is 295 g/mol. The van der Waals surface area contributed by atoms with Gasteiger partial charge in [-0.15, -0.1) is 0 Å². The fourth-order valence-corrected chi connectivity index (χ4v) is 1.33. The Morgan fingerprint density at radius 2 is 2.20 bits per heavy atom. The Balaban J connectivity index is 2.62. The lowest BCUT2D eigenvalue weighted by molar-refractivity contribution is -0.143. The summed E-state index contributed by atoms with van der Waals surface area (Å²) in [6, 6.07) is -0.554. The molecule has 0 spiro atoms. The van der Waals surface area contributed by atoms with Crippen molar-refractivity contribution < 1.29 is 32.6 Å². The molecule has 0 aliphatic heterocycles. The molecule has 7 nitrogen and oxygen atoms in total. The third-order valence-corrected chi connectivity index (χ3v) is 2.20. The third kappa shape index (κ3) is 4.53. The number of carbonyl (C=O) groups excluding carboxylic acids is 1. The molecule has 1 aromatic heterocycles. The molecule has 0 aliphatic carbocycles. The van der Waals surface area contributed by atoms with E-state index >= 15 is 0 Å². The second-order valence-electron chi connectivity index (χ2n) is 3.81. The van der Waals surface area contributed by atoms with Crippen LogP contribution in [0.4, 0.5) is 13.2 Å². The summed E-state index contributed by atoms with van der Waals surface area (Å²) < 4.78 is 42.2. The van der Waals surface area contributed by atoms with Gasteiger partial charge >= 0.3 is 12.1 Å². The van der Waals surface area contributed by atoms with Gasteiger partial charge in [0, 0.05) is 13.3 Å². The SMILES string of the molecule is COCC(NC(=O)Cn1ccc(C(F)(F)F)n1)C(=O)O. The van der Waals surface area contributed by atoms with Crippen molar-refractivity contribution in [1.82, 2.24) is 15.1 Å². The Kier molecular flexibility index (Phi) is 5.08. The molecule has 1 heterocycles. The zero-order valence-electron chi connectivity index (χ0n) is 10.3. The van der Waals surface area contributed by atoms with Crippen LogP contribution in [0.15, 0.2) is 12.3 Å². The number of hydrogen-bond acceptors (Lipinski definition) is 4. The van der Waals surface area contributed by atoms with E-state index in [0.717, 1.165) is 16.9 Å². The first-order valence-corrected chi connectivity index (χ1v) is 5.35. The molecular formula is C10H12F3N3O4. The zero-order valence-corrected chi connectivity index (χ0v) is 10.3. The van der Waals surface area contributed by atoms with Gasteiger partial charge in [0.1, 0.15) is 6.54 Å². The fraction of sp³-hybridized carbons (Fsp3) is 0.500. The van der Waals surface area contributed by atoms with E-state index in [2.05, 4.69) is 15.2 Å². The molecule has 1 atom stereocenters. The number of nitrogens with one attached hydrogen (secondary N) is 1. The van der Waals surface area contributed by atoms with Crippen molar-refractivity contribution in [1.29, 1.82) is 0 Å². The van der Waals surface area contributed by atoms with E-state index in [1.165, 1.54) is 7.11 Å². The fourth-order valence-electron chi connectivity index (χ4n) is 1.33. The molecule has 0 radical (unpaired) electrons. The molecule has 1 amide bonds. The van der Waals surface area contributed by atoms with Crippen LogP contribution in [0.1, 0.15) is 5.69 Å². The molecule has 10 heteroatoms. The number of aromatic nitrogens is 2. The van der Waals surface area contributed by atoms with Gasteiger partial charge in [0.05, 0.1) is 6.61 Å². The standard InChI is InChI=1S/C10H12F3N3O4/c1-20-5-6(9(18)19)14-8(17)4-16-3-2-7(15-16)10(11,12)13/h2-3,6H,4-5H2,1H3,(H,14,17)(H,18,19). The maximum absolute atomic E-state index is 12.3. The average molecular weight is 295 g/mol. The summed E-state index contributed by atoms with van der Waals surface area (Å²) in [4.78, 5) is 22.2. The molecule has 1 rings (SSSR count). The molecule has 0 saturated heterocycles. The number of halogens is 3. The van der Waals surface area contributed by atoms with E-state index < -0.39 is 36.3 Å². The lowest BCUT2D eigenvalue weighted by Gasteiger charge is -2.13. The topological polar surface area (TPSA) is 93.5 Å². The number of hydrogen-bond donors (Lipinski definition) is 2. The van der Waals surface area contributed by atoms with Gasteiger partial charge in [-0.1, -0.05) is 0 Å². The zero-order chi connectivity index (χ0) is 15.3. The Morgan fingerprint density at radius 3 is 2.65 bits per heavy atom. The van der Waals surface area contributed by atoms with Crippen LogP contribution in [0, 0.1) is 0 Å². The van der Waals surface area contributed by atoms with Crippen molar-refractivity contribution in [3.05, 3.63) is 18.0 Å². The van der Waals surface area contributed by atoms with Crippen molar-refractivity contribution >= 4 is 11.9 Å². The number of carbonyl (C=O) groups is 2. The highest BCUT2D eigenvalue weighted by atomic mass is 19.4. The smallest absolute Gasteiger partial charge is 0.435 e. The summed E-state index contributed by atoms with van der Waals surface area (Å²) in [6.45, 7) is -0.780. The normalized spacial score (nSPS) is 13.0. The van der Waals surface area contributed by atoms with E-state index in [1.807, 2.05) is 0 Å². The van der Waals surface area contributed by atoms with E-state index in [9.17, 15) is 22.8 Å². The van der Waals surface area contributed by atoms with Gasteiger partial charge < -0.3 is 15.2 Å². The number of ether oxygens (including phenoxy) is 1. The highest BCUT2D eigenvalue weighted by Crippen LogP contribution is 2.27. The molecule has 0 fully saturated rings. The third-order valence-electron chi connectivity index (χ3n) is 2.20. The maximum Gasteiger partial charge on any atom is 0.435 e. The number of aliphatic carboxylic acids is 1. The predicted molar refractivity (Wildman–Crippen MR) is 58.7 cm³/mol. The molecule has 20 heavy (non-hydrogen) atoms. The van der Waals surface area contributed by atoms with Crippen LogP contribution in [-0.2, 0) is 27.0 Å². The minimum atomic E-state index is -4.60. The number of rotatable bonds is 6. The van der Waals surface area contributed by atoms with Crippen LogP contribution in [0.25, 0.3) is 0 Å². The summed E-state index contributed by atoms with van der Waals surface area (Å²) in [7, 11) is 1.26. The number of methoxy groups -OCH3 is 1. The molecule has 112 valence electrons. The molecule has 0 saturated carbocycles. The Bertz CT molecular complexity index is 486. The van der Waals surface area contributed by atoms with Gasteiger partial charge in [0.15, 0.2) is 11.7 Å². The van der Waals surface area contributed by atoms with Crippen LogP contribution in [-0.4, -0.2) is 46.5 Å². The van der Waals surface area contributed by atoms with Crippen LogP contribution < -0.4 is 5.32 Å². The molecule has 0 aliphatic rings. The van der Waals surface area contributed by atoms with Crippen molar-refractivity contribution in [2.24, 2.45) is 0 Å². The minimum absolute atomic E-state index is 0.256. The van der Waals surface area contributed by atoms with Crippen LogP contribution in [0.3, 0.4) is 0 Å². The first-order chi connectivity index (χ1) is 9.24. The minimum Gasteiger partial charge on any atom is -0.480 e. The van der Waals surface area contributed by atoms with Gasteiger partial charge in [-0.25, -0.2) is 4.79 Å². The second-order valence-corrected chi connectivity index (χ2v) is 3.81. The maximum atomic E-state index is 12.3. The van der Waals surface area contributed by atoms with Crippen molar-refractivity contribution in [2.75, 3.05) is 13.7 Å². The number of carboxylic acid groups (broad SMARTS) is 1. The van der Waals surface area contributed by atoms with Crippen molar-refractivity contribution in [2.45, 2.75) is 18.8 Å². The van der Waals surface area contributed by atoms with E-state index in [0.29, 0.717) is 0 Å². The predicted octanol–water partition coefficient (Wildman–Crippen LogP) is 0.118. The lowest BCUT2D eigenvalue weighted by atomic mass is 10.3. The second kappa shape index (κ2) is 6.37. The Morgan fingerprint density at radius 1 is 1.55 bits per heavy atom. The number of amides is 1. The molecule has 1 unspecified atom stereocenters. The number of carboxylic acids is 1. The molecule has 0 bridgehead atoms. The van der Waals surface area contributed by atoms with Crippen LogP contribution in [0.2, 0.25) is 0 Å². The Hall–Kier alpha value is -2.10. The van der Waals surface area contributed by atoms with Crippen molar-refractivity contribution in [3.63, 3.8) is 0 Å². The molecular weight excluding hydrogens is 283 g/mol. The highest BCUT2D eigenvalue weighted by molar-refractivity contribution is 5.83. The average Bonchev–Trinajstić information content (AvgIpc) is 2.76. The van der Waals surface area contributed by atoms with Gasteiger partial charge in [-0.05, 0) is 6.07 Å². The van der Waals surface area contributed by atoms with Gasteiger partial charge in [0.25, 0.3) is 0 Å². The van der Waals surface area contributed by atoms with E-state index in [-0.39, 0.29) is 6.61 Å². The summed E-state index contributed by atoms with van der Waals surface area (Å²) in [5.41, 5.74) is -1.13. The number of nitrogens with zero attached hydrogens (tertiary/aromatic N) is 2. The lowest BCUT2D eigenvalue weighted by Crippen LogP contribution is -2.45. The largest absolute Gasteiger partial charge is 0.480 e. The molecule has 2 N–H and O–H groups in total. The van der Waals surface area contributed by atoms with E-state index in [4.69, 9.17) is 5.11 Å². The van der Waals surface area contributed by atoms with E-state index in [1.54, 1.807) is 0 Å². The molecule has 1 aromatic rings. The quantitative estimate of drug-likeness (QED) is 0.777.